The van der Waals surface area contributed by atoms with Gasteiger partial charge in [-0.25, -0.2) is 9.97 Å². The summed E-state index contributed by atoms with van der Waals surface area (Å²) in [4.78, 5) is 22.1. The Morgan fingerprint density at radius 1 is 1.20 bits per heavy atom. The summed E-state index contributed by atoms with van der Waals surface area (Å²) in [5.74, 6) is -0.0935. The van der Waals surface area contributed by atoms with Crippen molar-refractivity contribution in [1.29, 1.82) is 0 Å². The third kappa shape index (κ3) is 3.92. The van der Waals surface area contributed by atoms with Gasteiger partial charge in [-0.2, -0.15) is 0 Å². The fourth-order valence-electron chi connectivity index (χ4n) is 2.55. The van der Waals surface area contributed by atoms with Gasteiger partial charge in [-0.15, -0.1) is 0 Å². The summed E-state index contributed by atoms with van der Waals surface area (Å²) in [6, 6.07) is 7.82. The summed E-state index contributed by atoms with van der Waals surface area (Å²) in [7, 11) is 1.67. The molecule has 1 aromatic heterocycles. The van der Waals surface area contributed by atoms with E-state index in [0.29, 0.717) is 5.82 Å². The maximum Gasteiger partial charge on any atom is 0.271 e. The topological polar surface area (TPSA) is 105 Å². The van der Waals surface area contributed by atoms with Crippen molar-refractivity contribution in [3.8, 4) is 0 Å². The SMILES string of the molecule is CNc1nc(Nc2ccc(N3CCOCC3)cc2)c(C(N)=O)nc1Cl. The van der Waals surface area contributed by atoms with Crippen LogP contribution in [0.2, 0.25) is 5.15 Å². The van der Waals surface area contributed by atoms with Gasteiger partial charge >= 0.3 is 0 Å². The van der Waals surface area contributed by atoms with Crippen molar-refractivity contribution < 1.29 is 9.53 Å². The number of carbonyl (C=O) groups is 1. The van der Waals surface area contributed by atoms with Crippen LogP contribution in [0.3, 0.4) is 0 Å². The van der Waals surface area contributed by atoms with Gasteiger partial charge in [-0.3, -0.25) is 4.79 Å². The predicted octanol–water partition coefficient (Wildman–Crippen LogP) is 1.85. The van der Waals surface area contributed by atoms with Crippen LogP contribution in [0, 0.1) is 0 Å². The molecular formula is C16H19ClN6O2. The van der Waals surface area contributed by atoms with Crippen molar-refractivity contribution in [2.45, 2.75) is 0 Å². The number of ether oxygens (including phenoxy) is 1. The highest BCUT2D eigenvalue weighted by molar-refractivity contribution is 6.32. The van der Waals surface area contributed by atoms with Crippen LogP contribution >= 0.6 is 11.6 Å². The Morgan fingerprint density at radius 3 is 2.48 bits per heavy atom. The zero-order chi connectivity index (χ0) is 17.8. The number of nitrogens with zero attached hydrogens (tertiary/aromatic N) is 3. The Bertz CT molecular complexity index is 762. The number of nitrogens with two attached hydrogens (primary N) is 1. The monoisotopic (exact) mass is 362 g/mol. The number of aromatic nitrogens is 2. The van der Waals surface area contributed by atoms with E-state index >= 15 is 0 Å². The molecule has 0 bridgehead atoms. The second-order valence-electron chi connectivity index (χ2n) is 5.45. The summed E-state index contributed by atoms with van der Waals surface area (Å²) in [5, 5.41) is 5.98. The van der Waals surface area contributed by atoms with Gasteiger partial charge in [0.05, 0.1) is 13.2 Å². The van der Waals surface area contributed by atoms with E-state index in [1.807, 2.05) is 24.3 Å². The number of halogens is 1. The maximum atomic E-state index is 11.6. The minimum Gasteiger partial charge on any atom is -0.378 e. The number of morpholine rings is 1. The second-order valence-corrected chi connectivity index (χ2v) is 5.80. The zero-order valence-electron chi connectivity index (χ0n) is 13.8. The first-order valence-electron chi connectivity index (χ1n) is 7.83. The van der Waals surface area contributed by atoms with Gasteiger partial charge in [0.25, 0.3) is 5.91 Å². The van der Waals surface area contributed by atoms with E-state index in [2.05, 4.69) is 25.5 Å². The van der Waals surface area contributed by atoms with E-state index in [9.17, 15) is 4.79 Å². The van der Waals surface area contributed by atoms with E-state index < -0.39 is 5.91 Å². The molecule has 132 valence electrons. The lowest BCUT2D eigenvalue weighted by Crippen LogP contribution is -2.36. The van der Waals surface area contributed by atoms with Crippen molar-refractivity contribution in [2.75, 3.05) is 48.9 Å². The number of anilines is 4. The summed E-state index contributed by atoms with van der Waals surface area (Å²) in [6.45, 7) is 3.20. The van der Waals surface area contributed by atoms with E-state index in [1.165, 1.54) is 0 Å². The largest absolute Gasteiger partial charge is 0.378 e. The lowest BCUT2D eigenvalue weighted by atomic mass is 10.2. The first-order chi connectivity index (χ1) is 12.1. The van der Waals surface area contributed by atoms with Crippen LogP contribution in [0.4, 0.5) is 23.0 Å². The van der Waals surface area contributed by atoms with E-state index in [4.69, 9.17) is 22.1 Å². The molecule has 1 aliphatic rings. The first kappa shape index (κ1) is 17.2. The average molecular weight is 363 g/mol. The van der Waals surface area contributed by atoms with Gasteiger partial charge in [-0.05, 0) is 24.3 Å². The quantitative estimate of drug-likeness (QED) is 0.745. The Labute approximate surface area is 150 Å². The molecule has 9 heteroatoms. The minimum atomic E-state index is -0.704. The fourth-order valence-corrected chi connectivity index (χ4v) is 2.77. The lowest BCUT2D eigenvalue weighted by Gasteiger charge is -2.28. The van der Waals surface area contributed by atoms with Gasteiger partial charge in [0.2, 0.25) is 0 Å². The zero-order valence-corrected chi connectivity index (χ0v) is 14.5. The number of rotatable bonds is 5. The van der Waals surface area contributed by atoms with Crippen molar-refractivity contribution in [2.24, 2.45) is 5.73 Å². The maximum absolute atomic E-state index is 11.6. The third-order valence-corrected chi connectivity index (χ3v) is 4.09. The predicted molar refractivity (Wildman–Crippen MR) is 97.9 cm³/mol. The molecule has 0 aliphatic carbocycles. The molecule has 0 atom stereocenters. The molecule has 2 heterocycles. The van der Waals surface area contributed by atoms with Gasteiger partial charge < -0.3 is 26.0 Å². The fraction of sp³-hybridized carbons (Fsp3) is 0.312. The van der Waals surface area contributed by atoms with Crippen LogP contribution in [-0.2, 0) is 4.74 Å². The van der Waals surface area contributed by atoms with Crippen LogP contribution < -0.4 is 21.3 Å². The highest BCUT2D eigenvalue weighted by Crippen LogP contribution is 2.26. The average Bonchev–Trinajstić information content (AvgIpc) is 2.64. The Balaban J connectivity index is 1.83. The molecule has 0 saturated carbocycles. The molecule has 4 N–H and O–H groups in total. The number of primary amides is 1. The third-order valence-electron chi connectivity index (χ3n) is 3.83. The molecule has 2 aromatic rings. The van der Waals surface area contributed by atoms with Gasteiger partial charge in [0.1, 0.15) is 0 Å². The first-order valence-corrected chi connectivity index (χ1v) is 8.21. The van der Waals surface area contributed by atoms with Gasteiger partial charge in [0, 0.05) is 31.5 Å². The van der Waals surface area contributed by atoms with Gasteiger partial charge in [0.15, 0.2) is 22.5 Å². The van der Waals surface area contributed by atoms with Crippen molar-refractivity contribution >= 4 is 40.5 Å². The Morgan fingerprint density at radius 2 is 1.88 bits per heavy atom. The summed E-state index contributed by atoms with van der Waals surface area (Å²) < 4.78 is 5.36. The Hall–Kier alpha value is -2.58. The van der Waals surface area contributed by atoms with Gasteiger partial charge in [-0.1, -0.05) is 11.6 Å². The number of hydrogen-bond donors (Lipinski definition) is 3. The standard InChI is InChI=1S/C16H19ClN6O2/c1-19-16-13(17)21-12(14(18)24)15(22-16)20-10-2-4-11(5-3-10)23-6-8-25-9-7-23/h2-5H,6-9H2,1H3,(H2,18,24)(H2,19,20,22). The molecule has 1 saturated heterocycles. The van der Waals surface area contributed by atoms with Crippen LogP contribution in [0.1, 0.15) is 10.5 Å². The molecule has 1 fully saturated rings. The number of benzene rings is 1. The van der Waals surface area contributed by atoms with Crippen LogP contribution in [0.25, 0.3) is 0 Å². The molecule has 8 nitrogen and oxygen atoms in total. The molecule has 1 amide bonds. The van der Waals surface area contributed by atoms with Crippen LogP contribution in [-0.4, -0.2) is 49.2 Å². The van der Waals surface area contributed by atoms with Crippen LogP contribution in [0.5, 0.6) is 0 Å². The summed E-state index contributed by atoms with van der Waals surface area (Å²) in [5.41, 5.74) is 7.23. The van der Waals surface area contributed by atoms with E-state index in [0.717, 1.165) is 37.7 Å². The smallest absolute Gasteiger partial charge is 0.271 e. The highest BCUT2D eigenvalue weighted by atomic mass is 35.5. The summed E-state index contributed by atoms with van der Waals surface area (Å²) in [6.07, 6.45) is 0. The van der Waals surface area contributed by atoms with Crippen molar-refractivity contribution in [3.05, 3.63) is 35.1 Å². The molecule has 0 unspecified atom stereocenters. The number of nitrogens with one attached hydrogen (secondary N) is 2. The van der Waals surface area contributed by atoms with E-state index in [1.54, 1.807) is 7.05 Å². The lowest BCUT2D eigenvalue weighted by molar-refractivity contribution is 0.0996. The summed E-state index contributed by atoms with van der Waals surface area (Å²) >= 11 is 5.97. The number of amides is 1. The molecular weight excluding hydrogens is 344 g/mol. The minimum absolute atomic E-state index is 0.0127. The number of carbonyl (C=O) groups excluding carboxylic acids is 1. The van der Waals surface area contributed by atoms with Crippen molar-refractivity contribution in [1.82, 2.24) is 9.97 Å². The molecule has 25 heavy (non-hydrogen) atoms. The number of hydrogen-bond acceptors (Lipinski definition) is 7. The second kappa shape index (κ2) is 7.54. The molecule has 3 rings (SSSR count). The van der Waals surface area contributed by atoms with E-state index in [-0.39, 0.29) is 16.7 Å². The molecule has 0 spiro atoms. The van der Waals surface area contributed by atoms with Crippen LogP contribution in [0.15, 0.2) is 24.3 Å². The Kier molecular flexibility index (Phi) is 5.20. The highest BCUT2D eigenvalue weighted by Gasteiger charge is 2.17. The molecule has 0 radical (unpaired) electrons. The van der Waals surface area contributed by atoms with Crippen molar-refractivity contribution in [3.63, 3.8) is 0 Å². The molecule has 1 aliphatic heterocycles. The normalized spacial score (nSPS) is 14.2. The molecule has 1 aromatic carbocycles.